The van der Waals surface area contributed by atoms with Crippen molar-refractivity contribution in [2.75, 3.05) is 0 Å². The van der Waals surface area contributed by atoms with Gasteiger partial charge in [-0.05, 0) is 0 Å². The van der Waals surface area contributed by atoms with Gasteiger partial charge in [0, 0.05) is 0 Å². The van der Waals surface area contributed by atoms with Crippen molar-refractivity contribution in [2.45, 2.75) is 29.4 Å². The fourth-order valence-corrected chi connectivity index (χ4v) is 5.36. The molecule has 0 aromatic heterocycles. The Morgan fingerprint density at radius 2 is 2.13 bits per heavy atom. The molecule has 0 amide bonds. The zero-order valence-electron chi connectivity index (χ0n) is 9.28. The topological polar surface area (TPSA) is 0 Å². The SMILES string of the molecule is C=CC1CCCC1([Se]C)c1ccccc1. The maximum atomic E-state index is 4.02. The molecule has 0 spiro atoms. The van der Waals surface area contributed by atoms with E-state index in [0.717, 1.165) is 0 Å². The second-order valence-corrected chi connectivity index (χ2v) is 6.58. The van der Waals surface area contributed by atoms with E-state index in [0.29, 0.717) is 25.2 Å². The first-order chi connectivity index (χ1) is 7.33. The molecule has 0 nitrogen and oxygen atoms in total. The quantitative estimate of drug-likeness (QED) is 0.578. The summed E-state index contributed by atoms with van der Waals surface area (Å²) in [5.41, 5.74) is 1.54. The van der Waals surface area contributed by atoms with Crippen LogP contribution in [0.25, 0.3) is 0 Å². The van der Waals surface area contributed by atoms with Crippen LogP contribution in [0, 0.1) is 5.92 Å². The first-order valence-corrected chi connectivity index (χ1v) is 8.13. The fraction of sp³-hybridized carbons (Fsp3) is 0.429. The number of benzene rings is 1. The van der Waals surface area contributed by atoms with E-state index in [9.17, 15) is 0 Å². The van der Waals surface area contributed by atoms with E-state index in [1.54, 1.807) is 0 Å². The van der Waals surface area contributed by atoms with Gasteiger partial charge in [0.25, 0.3) is 0 Å². The van der Waals surface area contributed by atoms with E-state index in [1.807, 2.05) is 0 Å². The van der Waals surface area contributed by atoms with Crippen molar-refractivity contribution in [1.29, 1.82) is 0 Å². The summed E-state index contributed by atoms with van der Waals surface area (Å²) in [5.74, 6) is 3.08. The van der Waals surface area contributed by atoms with Crippen LogP contribution in [0.2, 0.25) is 5.82 Å². The summed E-state index contributed by atoms with van der Waals surface area (Å²) in [5, 5.41) is 0. The molecule has 1 saturated carbocycles. The Kier molecular flexibility index (Phi) is 3.33. The Bertz CT molecular complexity index is 330. The molecular weight excluding hydrogens is 247 g/mol. The molecule has 1 fully saturated rings. The first kappa shape index (κ1) is 11.0. The van der Waals surface area contributed by atoms with Crippen LogP contribution in [-0.4, -0.2) is 15.0 Å². The van der Waals surface area contributed by atoms with Gasteiger partial charge in [-0.1, -0.05) is 0 Å². The molecule has 2 rings (SSSR count). The minimum atomic E-state index is 0.440. The molecule has 1 aromatic carbocycles. The number of hydrogen-bond donors (Lipinski definition) is 0. The van der Waals surface area contributed by atoms with Crippen molar-refractivity contribution < 1.29 is 0 Å². The molecule has 2 atom stereocenters. The molecule has 1 aliphatic carbocycles. The molecule has 1 aliphatic rings. The molecule has 80 valence electrons. The van der Waals surface area contributed by atoms with Crippen molar-refractivity contribution in [3.8, 4) is 0 Å². The Hall–Kier alpha value is -0.521. The third kappa shape index (κ3) is 1.79. The average molecular weight is 265 g/mol. The van der Waals surface area contributed by atoms with Gasteiger partial charge in [0.05, 0.1) is 0 Å². The second-order valence-electron chi connectivity index (χ2n) is 4.19. The maximum absolute atomic E-state index is 4.02. The number of allylic oxidation sites excluding steroid dienone is 1. The van der Waals surface area contributed by atoms with E-state index in [-0.39, 0.29) is 0 Å². The first-order valence-electron chi connectivity index (χ1n) is 5.57. The van der Waals surface area contributed by atoms with E-state index in [1.165, 1.54) is 24.8 Å². The van der Waals surface area contributed by atoms with Crippen LogP contribution in [0.4, 0.5) is 0 Å². The molecular formula is C14H18Se. The van der Waals surface area contributed by atoms with E-state index < -0.39 is 0 Å². The summed E-state index contributed by atoms with van der Waals surface area (Å²) >= 11 is 0.656. The van der Waals surface area contributed by atoms with Gasteiger partial charge in [0.1, 0.15) is 0 Å². The van der Waals surface area contributed by atoms with Crippen molar-refractivity contribution in [3.05, 3.63) is 48.6 Å². The van der Waals surface area contributed by atoms with Crippen molar-refractivity contribution in [3.63, 3.8) is 0 Å². The summed E-state index contributed by atoms with van der Waals surface area (Å²) in [6.07, 6.45) is 6.23. The van der Waals surface area contributed by atoms with Gasteiger partial charge in [-0.3, -0.25) is 0 Å². The van der Waals surface area contributed by atoms with Gasteiger partial charge in [-0.2, -0.15) is 0 Å². The van der Waals surface area contributed by atoms with Gasteiger partial charge in [-0.15, -0.1) is 0 Å². The third-order valence-corrected chi connectivity index (χ3v) is 6.66. The normalized spacial score (nSPS) is 30.3. The molecule has 1 heteroatoms. The molecule has 15 heavy (non-hydrogen) atoms. The van der Waals surface area contributed by atoms with Crippen LogP contribution < -0.4 is 0 Å². The zero-order valence-corrected chi connectivity index (χ0v) is 11.0. The average Bonchev–Trinajstić information content (AvgIpc) is 2.74. The fourth-order valence-electron chi connectivity index (χ4n) is 2.76. The van der Waals surface area contributed by atoms with E-state index in [2.05, 4.69) is 48.8 Å². The molecule has 1 aromatic rings. The van der Waals surface area contributed by atoms with E-state index in [4.69, 9.17) is 0 Å². The summed E-state index contributed by atoms with van der Waals surface area (Å²) in [6.45, 7) is 4.02. The molecule has 0 N–H and O–H groups in total. The van der Waals surface area contributed by atoms with Crippen molar-refractivity contribution in [1.82, 2.24) is 0 Å². The van der Waals surface area contributed by atoms with Gasteiger partial charge in [0.15, 0.2) is 0 Å². The Balaban J connectivity index is 2.41. The number of hydrogen-bond acceptors (Lipinski definition) is 0. The van der Waals surface area contributed by atoms with Crippen LogP contribution in [0.15, 0.2) is 43.0 Å². The van der Waals surface area contributed by atoms with Crippen LogP contribution in [0.1, 0.15) is 24.8 Å². The summed E-state index contributed by atoms with van der Waals surface area (Å²) in [7, 11) is 0. The van der Waals surface area contributed by atoms with Crippen molar-refractivity contribution >= 4 is 15.0 Å². The predicted molar refractivity (Wildman–Crippen MR) is 67.3 cm³/mol. The zero-order chi connectivity index (χ0) is 10.7. The second kappa shape index (κ2) is 4.55. The summed E-state index contributed by atoms with van der Waals surface area (Å²) < 4.78 is 0.440. The van der Waals surface area contributed by atoms with E-state index >= 15 is 0 Å². The standard InChI is InChI=1S/C14H18Se/c1-3-12-10-7-11-14(12,15-2)13-8-5-4-6-9-13/h3-6,8-9,12H,1,7,10-11H2,2H3. The summed E-state index contributed by atoms with van der Waals surface area (Å²) in [4.78, 5) is 0. The molecule has 2 unspecified atom stereocenters. The molecule has 0 radical (unpaired) electrons. The molecule has 0 heterocycles. The van der Waals surface area contributed by atoms with Crippen LogP contribution in [0.5, 0.6) is 0 Å². The number of rotatable bonds is 3. The van der Waals surface area contributed by atoms with Crippen LogP contribution in [-0.2, 0) is 4.31 Å². The summed E-state index contributed by atoms with van der Waals surface area (Å²) in [6, 6.07) is 11.0. The Morgan fingerprint density at radius 1 is 1.40 bits per heavy atom. The molecule has 0 aliphatic heterocycles. The molecule has 0 saturated heterocycles. The van der Waals surface area contributed by atoms with Gasteiger partial charge >= 0.3 is 98.8 Å². The van der Waals surface area contributed by atoms with Gasteiger partial charge in [-0.25, -0.2) is 0 Å². The van der Waals surface area contributed by atoms with Gasteiger partial charge < -0.3 is 0 Å². The Morgan fingerprint density at radius 3 is 2.73 bits per heavy atom. The minimum absolute atomic E-state index is 0.440. The van der Waals surface area contributed by atoms with Crippen molar-refractivity contribution in [2.24, 2.45) is 5.92 Å². The van der Waals surface area contributed by atoms with Gasteiger partial charge in [0.2, 0.25) is 0 Å². The molecule has 0 bridgehead atoms. The monoisotopic (exact) mass is 266 g/mol. The predicted octanol–water partition coefficient (Wildman–Crippen LogP) is 3.62. The Labute approximate surface area is 98.9 Å². The third-order valence-electron chi connectivity index (χ3n) is 3.57. The van der Waals surface area contributed by atoms with Crippen LogP contribution in [0.3, 0.4) is 0 Å². The van der Waals surface area contributed by atoms with Crippen LogP contribution >= 0.6 is 0 Å².